The second-order valence-corrected chi connectivity index (χ2v) is 4.96. The van der Waals surface area contributed by atoms with Crippen LogP contribution in [-0.2, 0) is 4.79 Å². The summed E-state index contributed by atoms with van der Waals surface area (Å²) < 4.78 is 0. The predicted molar refractivity (Wildman–Crippen MR) is 84.1 cm³/mol. The summed E-state index contributed by atoms with van der Waals surface area (Å²) in [4.78, 5) is 10.7. The average molecular weight is 281 g/mol. The van der Waals surface area contributed by atoms with E-state index in [1.54, 1.807) is 0 Å². The van der Waals surface area contributed by atoms with Gasteiger partial charge < -0.3 is 10.4 Å². The Labute approximate surface area is 124 Å². The fourth-order valence-corrected chi connectivity index (χ4v) is 2.24. The Hall–Kier alpha value is -2.39. The zero-order valence-corrected chi connectivity index (χ0v) is 12.0. The number of rotatable bonds is 6. The first-order valence-electron chi connectivity index (χ1n) is 6.90. The van der Waals surface area contributed by atoms with Crippen molar-refractivity contribution in [2.75, 3.05) is 6.54 Å². The molecule has 0 saturated heterocycles. The van der Waals surface area contributed by atoms with Gasteiger partial charge in [0, 0.05) is 12.6 Å². The van der Waals surface area contributed by atoms with E-state index in [1.165, 1.54) is 6.08 Å². The molecule has 2 aromatic rings. The molecule has 3 nitrogen and oxygen atoms in total. The van der Waals surface area contributed by atoms with E-state index < -0.39 is 5.97 Å². The van der Waals surface area contributed by atoms with Gasteiger partial charge in [0.05, 0.1) is 6.04 Å². The van der Waals surface area contributed by atoms with Gasteiger partial charge in [-0.15, -0.1) is 0 Å². The number of carbonyl (C=O) groups is 1. The molecule has 108 valence electrons. The maximum absolute atomic E-state index is 10.7. The second kappa shape index (κ2) is 7.41. The van der Waals surface area contributed by atoms with Gasteiger partial charge >= 0.3 is 5.97 Å². The lowest BCUT2D eigenvalue weighted by atomic mass is 9.98. The van der Waals surface area contributed by atoms with Crippen molar-refractivity contribution in [1.82, 2.24) is 5.32 Å². The Balaban J connectivity index is 2.20. The van der Waals surface area contributed by atoms with Crippen molar-refractivity contribution in [2.24, 2.45) is 0 Å². The summed E-state index contributed by atoms with van der Waals surface area (Å²) in [5.41, 5.74) is 3.11. The standard InChI is InChI=1S/C18H19NO2/c1-14(12-17(20)21)13-19-18(15-8-4-2-5-9-15)16-10-6-3-7-11-16/h2-12,18-19H,13H2,1H3,(H,20,21)/b14-12-. The second-order valence-electron chi connectivity index (χ2n) is 4.96. The summed E-state index contributed by atoms with van der Waals surface area (Å²) in [6.45, 7) is 2.34. The molecule has 0 radical (unpaired) electrons. The van der Waals surface area contributed by atoms with E-state index in [4.69, 9.17) is 5.11 Å². The Morgan fingerprint density at radius 2 is 1.52 bits per heavy atom. The highest BCUT2D eigenvalue weighted by Crippen LogP contribution is 2.21. The molecule has 0 fully saturated rings. The van der Waals surface area contributed by atoms with Crippen LogP contribution in [0.4, 0.5) is 0 Å². The van der Waals surface area contributed by atoms with Gasteiger partial charge in [-0.3, -0.25) is 0 Å². The van der Waals surface area contributed by atoms with Crippen LogP contribution >= 0.6 is 0 Å². The zero-order valence-electron chi connectivity index (χ0n) is 12.0. The molecule has 0 aliphatic carbocycles. The van der Waals surface area contributed by atoms with Gasteiger partial charge in [-0.1, -0.05) is 66.2 Å². The summed E-state index contributed by atoms with van der Waals surface area (Å²) in [5, 5.41) is 12.2. The van der Waals surface area contributed by atoms with Crippen molar-refractivity contribution in [3.63, 3.8) is 0 Å². The molecule has 0 aliphatic rings. The first kappa shape index (κ1) is 15.0. The van der Waals surface area contributed by atoms with Gasteiger partial charge in [0.1, 0.15) is 0 Å². The van der Waals surface area contributed by atoms with E-state index in [2.05, 4.69) is 29.6 Å². The number of nitrogens with one attached hydrogen (secondary N) is 1. The van der Waals surface area contributed by atoms with Crippen molar-refractivity contribution in [3.05, 3.63) is 83.4 Å². The fraction of sp³-hybridized carbons (Fsp3) is 0.167. The molecular formula is C18H19NO2. The van der Waals surface area contributed by atoms with Gasteiger partial charge in [0.25, 0.3) is 0 Å². The first-order valence-corrected chi connectivity index (χ1v) is 6.90. The van der Waals surface area contributed by atoms with Crippen LogP contribution in [0.2, 0.25) is 0 Å². The quantitative estimate of drug-likeness (QED) is 0.798. The molecule has 21 heavy (non-hydrogen) atoms. The van der Waals surface area contributed by atoms with Crippen LogP contribution in [0.1, 0.15) is 24.1 Å². The third-order valence-electron chi connectivity index (χ3n) is 3.22. The molecular weight excluding hydrogens is 262 g/mol. The van der Waals surface area contributed by atoms with Gasteiger partial charge in [-0.05, 0) is 18.1 Å². The monoisotopic (exact) mass is 281 g/mol. The molecule has 2 rings (SSSR count). The number of carboxylic acids is 1. The molecule has 2 N–H and O–H groups in total. The first-order chi connectivity index (χ1) is 10.2. The third-order valence-corrected chi connectivity index (χ3v) is 3.22. The van der Waals surface area contributed by atoms with Crippen LogP contribution in [0.3, 0.4) is 0 Å². The number of carboxylic acid groups (broad SMARTS) is 1. The van der Waals surface area contributed by atoms with Crippen LogP contribution in [0.25, 0.3) is 0 Å². The lowest BCUT2D eigenvalue weighted by Gasteiger charge is -2.20. The molecule has 0 heterocycles. The molecule has 0 spiro atoms. The third kappa shape index (κ3) is 4.58. The van der Waals surface area contributed by atoms with Crippen LogP contribution in [0.5, 0.6) is 0 Å². The van der Waals surface area contributed by atoms with E-state index in [0.29, 0.717) is 6.54 Å². The number of hydrogen-bond donors (Lipinski definition) is 2. The van der Waals surface area contributed by atoms with Crippen molar-refractivity contribution in [2.45, 2.75) is 13.0 Å². The van der Waals surface area contributed by atoms with Crippen LogP contribution in [0.15, 0.2) is 72.3 Å². The molecule has 0 atom stereocenters. The highest BCUT2D eigenvalue weighted by atomic mass is 16.4. The van der Waals surface area contributed by atoms with Crippen molar-refractivity contribution < 1.29 is 9.90 Å². The fourth-order valence-electron chi connectivity index (χ4n) is 2.24. The van der Waals surface area contributed by atoms with Gasteiger partial charge in [-0.25, -0.2) is 4.79 Å². The summed E-state index contributed by atoms with van der Waals surface area (Å²) in [5.74, 6) is -0.912. The predicted octanol–water partition coefficient (Wildman–Crippen LogP) is 3.40. The normalized spacial score (nSPS) is 11.6. The largest absolute Gasteiger partial charge is 0.478 e. The molecule has 0 amide bonds. The van der Waals surface area contributed by atoms with Crippen LogP contribution < -0.4 is 5.32 Å². The molecule has 0 aliphatic heterocycles. The Morgan fingerprint density at radius 3 is 1.95 bits per heavy atom. The minimum absolute atomic E-state index is 0.0459. The number of benzene rings is 2. The number of hydrogen-bond acceptors (Lipinski definition) is 2. The molecule has 0 unspecified atom stereocenters. The molecule has 3 heteroatoms. The van der Waals surface area contributed by atoms with Crippen molar-refractivity contribution in [1.29, 1.82) is 0 Å². The lowest BCUT2D eigenvalue weighted by molar-refractivity contribution is -0.131. The Bertz CT molecular complexity index is 566. The summed E-state index contributed by atoms with van der Waals surface area (Å²) in [7, 11) is 0. The van der Waals surface area contributed by atoms with Crippen molar-refractivity contribution in [3.8, 4) is 0 Å². The SMILES string of the molecule is C/C(=C/C(=O)O)CNC(c1ccccc1)c1ccccc1. The van der Waals surface area contributed by atoms with E-state index in [1.807, 2.05) is 43.3 Å². The molecule has 2 aromatic carbocycles. The minimum Gasteiger partial charge on any atom is -0.478 e. The summed E-state index contributed by atoms with van der Waals surface area (Å²) in [6.07, 6.45) is 1.24. The maximum Gasteiger partial charge on any atom is 0.328 e. The minimum atomic E-state index is -0.912. The molecule has 0 bridgehead atoms. The van der Waals surface area contributed by atoms with Crippen LogP contribution in [0, 0.1) is 0 Å². The van der Waals surface area contributed by atoms with E-state index in [9.17, 15) is 4.79 Å². The maximum atomic E-state index is 10.7. The average Bonchev–Trinajstić information content (AvgIpc) is 2.49. The van der Waals surface area contributed by atoms with E-state index in [0.717, 1.165) is 16.7 Å². The van der Waals surface area contributed by atoms with Gasteiger partial charge in [-0.2, -0.15) is 0 Å². The van der Waals surface area contributed by atoms with Crippen molar-refractivity contribution >= 4 is 5.97 Å². The highest BCUT2D eigenvalue weighted by molar-refractivity contribution is 5.80. The van der Waals surface area contributed by atoms with Crippen LogP contribution in [-0.4, -0.2) is 17.6 Å². The summed E-state index contributed by atoms with van der Waals surface area (Å²) >= 11 is 0. The lowest BCUT2D eigenvalue weighted by Crippen LogP contribution is -2.24. The van der Waals surface area contributed by atoms with E-state index >= 15 is 0 Å². The Kier molecular flexibility index (Phi) is 5.29. The Morgan fingerprint density at radius 1 is 1.05 bits per heavy atom. The smallest absolute Gasteiger partial charge is 0.328 e. The van der Waals surface area contributed by atoms with E-state index in [-0.39, 0.29) is 6.04 Å². The zero-order chi connectivity index (χ0) is 15.1. The number of aliphatic carboxylic acids is 1. The molecule has 0 aromatic heterocycles. The topological polar surface area (TPSA) is 49.3 Å². The highest BCUT2D eigenvalue weighted by Gasteiger charge is 2.12. The molecule has 0 saturated carbocycles. The van der Waals surface area contributed by atoms with Gasteiger partial charge in [0.15, 0.2) is 0 Å². The summed E-state index contributed by atoms with van der Waals surface area (Å²) in [6, 6.07) is 20.3. The van der Waals surface area contributed by atoms with Gasteiger partial charge in [0.2, 0.25) is 0 Å².